The van der Waals surface area contributed by atoms with E-state index < -0.39 is 4.92 Å². The fraction of sp³-hybridized carbons (Fsp3) is 0.571. The summed E-state index contributed by atoms with van der Waals surface area (Å²) in [5.74, 6) is 0.431. The van der Waals surface area contributed by atoms with Crippen molar-refractivity contribution >= 4 is 21.6 Å². The number of nitrogens with two attached hydrogens (primary N) is 1. The first-order chi connectivity index (χ1) is 9.61. The Bertz CT molecular complexity index is 481. The number of nitrogens with zero attached hydrogens (tertiary/aromatic N) is 1. The summed E-state index contributed by atoms with van der Waals surface area (Å²) in [6.45, 7) is 1.12. The molecule has 110 valence electrons. The van der Waals surface area contributed by atoms with Gasteiger partial charge in [-0.3, -0.25) is 10.1 Å². The Morgan fingerprint density at radius 1 is 1.40 bits per heavy atom. The molecule has 0 aromatic heterocycles. The Morgan fingerprint density at radius 3 is 2.80 bits per heavy atom. The summed E-state index contributed by atoms with van der Waals surface area (Å²) in [7, 11) is 0. The van der Waals surface area contributed by atoms with E-state index in [9.17, 15) is 10.1 Å². The SMILES string of the molecule is NCC1CCCCC1OCc1ccc([N+](=O)[O-])cc1Br. The number of nitro benzene ring substituents is 1. The Kier molecular flexibility index (Phi) is 5.51. The van der Waals surface area contributed by atoms with E-state index in [2.05, 4.69) is 15.9 Å². The van der Waals surface area contributed by atoms with Gasteiger partial charge < -0.3 is 10.5 Å². The van der Waals surface area contributed by atoms with Gasteiger partial charge in [0.05, 0.1) is 17.6 Å². The van der Waals surface area contributed by atoms with Crippen molar-refractivity contribution in [2.75, 3.05) is 6.54 Å². The van der Waals surface area contributed by atoms with Crippen LogP contribution in [0.2, 0.25) is 0 Å². The number of nitro groups is 1. The lowest BCUT2D eigenvalue weighted by molar-refractivity contribution is -0.384. The van der Waals surface area contributed by atoms with Gasteiger partial charge >= 0.3 is 0 Å². The maximum atomic E-state index is 10.7. The summed E-state index contributed by atoms with van der Waals surface area (Å²) in [5, 5.41) is 10.7. The van der Waals surface area contributed by atoms with Crippen LogP contribution >= 0.6 is 15.9 Å². The third kappa shape index (κ3) is 3.77. The second kappa shape index (κ2) is 7.15. The van der Waals surface area contributed by atoms with Crippen molar-refractivity contribution in [2.24, 2.45) is 11.7 Å². The van der Waals surface area contributed by atoms with Gasteiger partial charge in [0.2, 0.25) is 0 Å². The molecule has 2 atom stereocenters. The summed E-state index contributed by atoms with van der Waals surface area (Å²) in [4.78, 5) is 10.3. The molecule has 2 rings (SSSR count). The second-order valence-corrected chi connectivity index (χ2v) is 6.02. The van der Waals surface area contributed by atoms with E-state index in [1.807, 2.05) is 0 Å². The van der Waals surface area contributed by atoms with Crippen LogP contribution in [0.4, 0.5) is 5.69 Å². The van der Waals surface area contributed by atoms with Gasteiger partial charge in [-0.05, 0) is 36.9 Å². The van der Waals surface area contributed by atoms with Crippen LogP contribution in [0.1, 0.15) is 31.2 Å². The molecule has 1 fully saturated rings. The number of halogens is 1. The summed E-state index contributed by atoms with van der Waals surface area (Å²) < 4.78 is 6.69. The highest BCUT2D eigenvalue weighted by molar-refractivity contribution is 9.10. The number of non-ortho nitro benzene ring substituents is 1. The lowest BCUT2D eigenvalue weighted by Crippen LogP contribution is -2.33. The van der Waals surface area contributed by atoms with Crippen molar-refractivity contribution in [3.63, 3.8) is 0 Å². The van der Waals surface area contributed by atoms with Crippen molar-refractivity contribution < 1.29 is 9.66 Å². The molecule has 2 unspecified atom stereocenters. The van der Waals surface area contributed by atoms with Crippen molar-refractivity contribution in [1.29, 1.82) is 0 Å². The normalized spacial score (nSPS) is 22.7. The molecule has 1 aliphatic carbocycles. The van der Waals surface area contributed by atoms with Crippen molar-refractivity contribution in [2.45, 2.75) is 38.4 Å². The number of ether oxygens (including phenoxy) is 1. The topological polar surface area (TPSA) is 78.4 Å². The predicted molar refractivity (Wildman–Crippen MR) is 80.4 cm³/mol. The van der Waals surface area contributed by atoms with Crippen molar-refractivity contribution in [1.82, 2.24) is 0 Å². The molecule has 1 aromatic rings. The Balaban J connectivity index is 1.98. The Labute approximate surface area is 126 Å². The first-order valence-electron chi connectivity index (χ1n) is 6.86. The average molecular weight is 343 g/mol. The maximum Gasteiger partial charge on any atom is 0.270 e. The van der Waals surface area contributed by atoms with Crippen molar-refractivity contribution in [3.8, 4) is 0 Å². The minimum Gasteiger partial charge on any atom is -0.373 e. The van der Waals surface area contributed by atoms with Crippen LogP contribution in [0.15, 0.2) is 22.7 Å². The van der Waals surface area contributed by atoms with Crippen LogP contribution < -0.4 is 5.73 Å². The molecule has 5 nitrogen and oxygen atoms in total. The number of hydrogen-bond donors (Lipinski definition) is 1. The van der Waals surface area contributed by atoms with Gasteiger partial charge in [-0.1, -0.05) is 28.8 Å². The van der Waals surface area contributed by atoms with E-state index in [1.54, 1.807) is 6.07 Å². The third-order valence-electron chi connectivity index (χ3n) is 3.84. The lowest BCUT2D eigenvalue weighted by atomic mass is 9.86. The average Bonchev–Trinajstić information content (AvgIpc) is 2.46. The van der Waals surface area contributed by atoms with Crippen LogP contribution in [0.3, 0.4) is 0 Å². The Morgan fingerprint density at radius 2 is 2.15 bits per heavy atom. The van der Waals surface area contributed by atoms with Crippen molar-refractivity contribution in [3.05, 3.63) is 38.3 Å². The summed E-state index contributed by atoms with van der Waals surface area (Å²) >= 11 is 3.36. The van der Waals surface area contributed by atoms with E-state index in [0.29, 0.717) is 23.5 Å². The minimum absolute atomic E-state index is 0.0816. The van der Waals surface area contributed by atoms with Gasteiger partial charge in [0.15, 0.2) is 0 Å². The van der Waals surface area contributed by atoms with E-state index in [4.69, 9.17) is 10.5 Å². The van der Waals surface area contributed by atoms with Crippen LogP contribution in [-0.4, -0.2) is 17.6 Å². The molecule has 0 radical (unpaired) electrons. The zero-order chi connectivity index (χ0) is 14.5. The fourth-order valence-corrected chi connectivity index (χ4v) is 3.11. The standard InChI is InChI=1S/C14H19BrN2O3/c15-13-7-12(17(18)19)6-5-11(13)9-20-14-4-2-1-3-10(14)8-16/h5-7,10,14H,1-4,8-9,16H2. The number of benzene rings is 1. The highest BCUT2D eigenvalue weighted by Gasteiger charge is 2.24. The van der Waals surface area contributed by atoms with Gasteiger partial charge in [-0.15, -0.1) is 0 Å². The molecule has 0 heterocycles. The molecule has 2 N–H and O–H groups in total. The largest absolute Gasteiger partial charge is 0.373 e. The summed E-state index contributed by atoms with van der Waals surface area (Å²) in [6, 6.07) is 4.76. The van der Waals surface area contributed by atoms with Crippen LogP contribution in [0, 0.1) is 16.0 Å². The monoisotopic (exact) mass is 342 g/mol. The molecular formula is C14H19BrN2O3. The molecule has 0 saturated heterocycles. The van der Waals surface area contributed by atoms with Crippen LogP contribution in [-0.2, 0) is 11.3 Å². The molecule has 20 heavy (non-hydrogen) atoms. The molecule has 6 heteroatoms. The minimum atomic E-state index is -0.402. The molecule has 1 aliphatic rings. The molecule has 0 amide bonds. The quantitative estimate of drug-likeness (QED) is 0.657. The predicted octanol–water partition coefficient (Wildman–Crippen LogP) is 3.39. The molecule has 0 spiro atoms. The highest BCUT2D eigenvalue weighted by atomic mass is 79.9. The molecule has 1 saturated carbocycles. The fourth-order valence-electron chi connectivity index (χ4n) is 2.63. The van der Waals surface area contributed by atoms with E-state index in [0.717, 1.165) is 18.4 Å². The lowest BCUT2D eigenvalue weighted by Gasteiger charge is -2.30. The molecular weight excluding hydrogens is 324 g/mol. The molecule has 0 aliphatic heterocycles. The van der Waals surface area contributed by atoms with Gasteiger partial charge in [0.1, 0.15) is 0 Å². The summed E-state index contributed by atoms with van der Waals surface area (Å²) in [5.41, 5.74) is 6.79. The van der Waals surface area contributed by atoms with E-state index in [1.165, 1.54) is 25.0 Å². The number of hydrogen-bond acceptors (Lipinski definition) is 4. The molecule has 0 bridgehead atoms. The van der Waals surface area contributed by atoms with Gasteiger partial charge in [0, 0.05) is 16.6 Å². The van der Waals surface area contributed by atoms with Gasteiger partial charge in [-0.25, -0.2) is 0 Å². The molecule has 1 aromatic carbocycles. The summed E-state index contributed by atoms with van der Waals surface area (Å²) in [6.07, 6.45) is 4.79. The third-order valence-corrected chi connectivity index (χ3v) is 4.58. The van der Waals surface area contributed by atoms with Gasteiger partial charge in [0.25, 0.3) is 5.69 Å². The highest BCUT2D eigenvalue weighted by Crippen LogP contribution is 2.29. The first kappa shape index (κ1) is 15.4. The zero-order valence-electron chi connectivity index (χ0n) is 11.3. The Hall–Kier alpha value is -0.980. The smallest absolute Gasteiger partial charge is 0.270 e. The van der Waals surface area contributed by atoms with Gasteiger partial charge in [-0.2, -0.15) is 0 Å². The maximum absolute atomic E-state index is 10.7. The first-order valence-corrected chi connectivity index (χ1v) is 7.65. The van der Waals surface area contributed by atoms with Crippen LogP contribution in [0.25, 0.3) is 0 Å². The second-order valence-electron chi connectivity index (χ2n) is 5.16. The van der Waals surface area contributed by atoms with Crippen LogP contribution in [0.5, 0.6) is 0 Å². The van der Waals surface area contributed by atoms with E-state index >= 15 is 0 Å². The zero-order valence-corrected chi connectivity index (χ0v) is 12.8. The van der Waals surface area contributed by atoms with E-state index in [-0.39, 0.29) is 11.8 Å². The number of rotatable bonds is 5.